The van der Waals surface area contributed by atoms with Crippen molar-refractivity contribution in [3.8, 4) is 11.5 Å². The van der Waals surface area contributed by atoms with Gasteiger partial charge in [-0.2, -0.15) is 0 Å². The summed E-state index contributed by atoms with van der Waals surface area (Å²) in [5, 5.41) is -0.321. The van der Waals surface area contributed by atoms with Crippen molar-refractivity contribution in [2.24, 2.45) is 0 Å². The lowest BCUT2D eigenvalue weighted by atomic mass is 10.1. The van der Waals surface area contributed by atoms with Gasteiger partial charge in [0.1, 0.15) is 0 Å². The summed E-state index contributed by atoms with van der Waals surface area (Å²) in [6.07, 6.45) is 1.61. The molecule has 0 aromatic heterocycles. The second-order valence-corrected chi connectivity index (χ2v) is 8.35. The Hall–Kier alpha value is -3.84. The van der Waals surface area contributed by atoms with Crippen LogP contribution in [-0.4, -0.2) is 29.1 Å². The van der Waals surface area contributed by atoms with Gasteiger partial charge in [-0.3, -0.25) is 14.5 Å². The minimum absolute atomic E-state index is 0.219. The van der Waals surface area contributed by atoms with E-state index >= 15 is 0 Å². The Morgan fingerprint density at radius 2 is 1.70 bits per heavy atom. The maximum absolute atomic E-state index is 12.9. The molecule has 0 bridgehead atoms. The predicted octanol–water partition coefficient (Wildman–Crippen LogP) is 5.46. The van der Waals surface area contributed by atoms with E-state index < -0.39 is 5.97 Å². The second kappa shape index (κ2) is 9.75. The van der Waals surface area contributed by atoms with Gasteiger partial charge >= 0.3 is 5.97 Å². The summed E-state index contributed by atoms with van der Waals surface area (Å²) >= 11 is 0.888. The van der Waals surface area contributed by atoms with Crippen molar-refractivity contribution < 1.29 is 23.9 Å². The Morgan fingerprint density at radius 3 is 2.42 bits per heavy atom. The third-order valence-electron chi connectivity index (χ3n) is 5.16. The number of imide groups is 1. The molecule has 33 heavy (non-hydrogen) atoms. The van der Waals surface area contributed by atoms with Gasteiger partial charge in [0.15, 0.2) is 11.5 Å². The lowest BCUT2D eigenvalue weighted by Gasteiger charge is -2.14. The first-order chi connectivity index (χ1) is 16.0. The van der Waals surface area contributed by atoms with Gasteiger partial charge in [0.05, 0.1) is 24.1 Å². The van der Waals surface area contributed by atoms with Crippen LogP contribution in [0.2, 0.25) is 0 Å². The molecule has 2 amide bonds. The highest BCUT2D eigenvalue weighted by Gasteiger charge is 2.35. The lowest BCUT2D eigenvalue weighted by Crippen LogP contribution is -2.27. The van der Waals surface area contributed by atoms with E-state index in [2.05, 4.69) is 0 Å². The number of hydrogen-bond donors (Lipinski definition) is 0. The monoisotopic (exact) mass is 459 g/mol. The molecule has 0 saturated carbocycles. The quantitative estimate of drug-likeness (QED) is 0.277. The van der Waals surface area contributed by atoms with Gasteiger partial charge in [-0.1, -0.05) is 48.5 Å². The van der Waals surface area contributed by atoms with Crippen molar-refractivity contribution in [1.82, 2.24) is 4.90 Å². The van der Waals surface area contributed by atoms with Gasteiger partial charge in [-0.15, -0.1) is 0 Å². The van der Waals surface area contributed by atoms with E-state index in [9.17, 15) is 14.4 Å². The molecule has 3 aromatic rings. The van der Waals surface area contributed by atoms with Crippen LogP contribution in [-0.2, 0) is 11.3 Å². The number of carbonyl (C=O) groups excluding carboxylic acids is 3. The molecular formula is C26H21NO5S. The van der Waals surface area contributed by atoms with Crippen LogP contribution in [0.15, 0.2) is 77.7 Å². The molecular weight excluding hydrogens is 438 g/mol. The zero-order chi connectivity index (χ0) is 23.4. The molecule has 0 radical (unpaired) electrons. The highest BCUT2D eigenvalue weighted by atomic mass is 32.2. The van der Waals surface area contributed by atoms with E-state index in [0.717, 1.165) is 22.9 Å². The van der Waals surface area contributed by atoms with Crippen molar-refractivity contribution in [2.75, 3.05) is 7.11 Å². The number of nitrogens with zero attached hydrogens (tertiary/aromatic N) is 1. The van der Waals surface area contributed by atoms with Crippen LogP contribution in [0, 0.1) is 6.92 Å². The first-order valence-electron chi connectivity index (χ1n) is 10.2. The van der Waals surface area contributed by atoms with Crippen molar-refractivity contribution in [3.63, 3.8) is 0 Å². The molecule has 0 N–H and O–H groups in total. The van der Waals surface area contributed by atoms with Crippen LogP contribution in [0.4, 0.5) is 4.79 Å². The number of ether oxygens (including phenoxy) is 2. The number of carbonyl (C=O) groups is 3. The topological polar surface area (TPSA) is 72.9 Å². The van der Waals surface area contributed by atoms with Crippen LogP contribution < -0.4 is 9.47 Å². The smallest absolute Gasteiger partial charge is 0.343 e. The lowest BCUT2D eigenvalue weighted by molar-refractivity contribution is -0.123. The van der Waals surface area contributed by atoms with Crippen molar-refractivity contribution in [3.05, 3.63) is 100.0 Å². The van der Waals surface area contributed by atoms with E-state index in [-0.39, 0.29) is 23.4 Å². The first kappa shape index (κ1) is 22.4. The number of benzene rings is 3. The van der Waals surface area contributed by atoms with Gasteiger partial charge in [0, 0.05) is 0 Å². The van der Waals surface area contributed by atoms with Gasteiger partial charge in [0.25, 0.3) is 11.1 Å². The molecule has 7 heteroatoms. The third-order valence-corrected chi connectivity index (χ3v) is 6.07. The highest BCUT2D eigenvalue weighted by Crippen LogP contribution is 2.35. The van der Waals surface area contributed by atoms with E-state index in [1.807, 2.05) is 37.3 Å². The van der Waals surface area contributed by atoms with Gasteiger partial charge < -0.3 is 9.47 Å². The van der Waals surface area contributed by atoms with Crippen LogP contribution in [0.1, 0.15) is 27.0 Å². The maximum Gasteiger partial charge on any atom is 0.343 e. The number of methoxy groups -OCH3 is 1. The molecule has 3 aromatic carbocycles. The molecule has 1 aliphatic heterocycles. The van der Waals surface area contributed by atoms with Crippen molar-refractivity contribution in [1.29, 1.82) is 0 Å². The van der Waals surface area contributed by atoms with E-state index in [0.29, 0.717) is 21.8 Å². The van der Waals surface area contributed by atoms with Crippen LogP contribution >= 0.6 is 11.8 Å². The maximum atomic E-state index is 12.9. The second-order valence-electron chi connectivity index (χ2n) is 7.36. The zero-order valence-electron chi connectivity index (χ0n) is 18.1. The fourth-order valence-electron chi connectivity index (χ4n) is 3.34. The SMILES string of the molecule is COc1ccc(/C=C2\SC(=O)N(Cc3ccccc3C)C2=O)cc1OC(=O)c1ccccc1. The van der Waals surface area contributed by atoms with E-state index in [1.54, 1.807) is 48.5 Å². The molecule has 0 unspecified atom stereocenters. The van der Waals surface area contributed by atoms with Crippen LogP contribution in [0.25, 0.3) is 6.08 Å². The summed E-state index contributed by atoms with van der Waals surface area (Å²) in [7, 11) is 1.48. The Kier molecular flexibility index (Phi) is 6.60. The molecule has 0 aliphatic carbocycles. The first-order valence-corrected chi connectivity index (χ1v) is 11.0. The summed E-state index contributed by atoms with van der Waals surface area (Å²) < 4.78 is 10.8. The van der Waals surface area contributed by atoms with E-state index in [1.165, 1.54) is 12.0 Å². The molecule has 0 atom stereocenters. The third kappa shape index (κ3) is 4.99. The largest absolute Gasteiger partial charge is 0.493 e. The minimum atomic E-state index is -0.524. The van der Waals surface area contributed by atoms with Crippen molar-refractivity contribution >= 4 is 35.0 Å². The fourth-order valence-corrected chi connectivity index (χ4v) is 4.18. The number of hydrogen-bond acceptors (Lipinski definition) is 6. The molecule has 1 aliphatic rings. The number of rotatable bonds is 6. The molecule has 0 spiro atoms. The Balaban J connectivity index is 1.56. The Bertz CT molecular complexity index is 1250. The van der Waals surface area contributed by atoms with Gasteiger partial charge in [-0.05, 0) is 65.7 Å². The van der Waals surface area contributed by atoms with Crippen LogP contribution in [0.5, 0.6) is 11.5 Å². The normalized spacial score (nSPS) is 14.6. The van der Waals surface area contributed by atoms with Crippen molar-refractivity contribution in [2.45, 2.75) is 13.5 Å². The average Bonchev–Trinajstić information content (AvgIpc) is 3.08. The Morgan fingerprint density at radius 1 is 0.970 bits per heavy atom. The van der Waals surface area contributed by atoms with Gasteiger partial charge in [-0.25, -0.2) is 4.79 Å². The standard InChI is InChI=1S/C26H21NO5S/c1-17-8-6-7-11-20(17)16-27-24(28)23(33-26(27)30)15-18-12-13-21(31-2)22(14-18)32-25(29)19-9-4-3-5-10-19/h3-15H,16H2,1-2H3/b23-15-. The molecule has 1 saturated heterocycles. The molecule has 4 rings (SSSR count). The molecule has 1 heterocycles. The summed E-state index contributed by atoms with van der Waals surface area (Å²) in [6.45, 7) is 2.16. The van der Waals surface area contributed by atoms with Crippen LogP contribution in [0.3, 0.4) is 0 Å². The molecule has 1 fully saturated rings. The van der Waals surface area contributed by atoms with E-state index in [4.69, 9.17) is 9.47 Å². The summed E-state index contributed by atoms with van der Waals surface area (Å²) in [4.78, 5) is 39.4. The number of aryl methyl sites for hydroxylation is 1. The average molecular weight is 460 g/mol. The summed E-state index contributed by atoms with van der Waals surface area (Å²) in [5.41, 5.74) is 2.94. The minimum Gasteiger partial charge on any atom is -0.493 e. The fraction of sp³-hybridized carbons (Fsp3) is 0.115. The molecule has 6 nitrogen and oxygen atoms in total. The Labute approximate surface area is 195 Å². The summed E-state index contributed by atoms with van der Waals surface area (Å²) in [5.74, 6) is -0.278. The number of thioether (sulfide) groups is 1. The number of esters is 1. The summed E-state index contributed by atoms with van der Waals surface area (Å²) in [6, 6.07) is 21.2. The number of amides is 2. The van der Waals surface area contributed by atoms with Gasteiger partial charge in [0.2, 0.25) is 0 Å². The highest BCUT2D eigenvalue weighted by molar-refractivity contribution is 8.18. The zero-order valence-corrected chi connectivity index (χ0v) is 18.9. The molecule has 166 valence electrons. The predicted molar refractivity (Wildman–Crippen MR) is 127 cm³/mol.